The van der Waals surface area contributed by atoms with E-state index in [4.69, 9.17) is 28.9 Å². The molecule has 1 aromatic carbocycles. The molecule has 2 unspecified atom stereocenters. The summed E-state index contributed by atoms with van der Waals surface area (Å²) in [6.07, 6.45) is 2.05. The zero-order chi connectivity index (χ0) is 14.7. The standard InChI is InChI=1S/C14H19Cl2N3O/c1-9-2-3-10(7-17)8-19(9)14(20)18-13-5-11(15)4-12(16)6-13/h4-6,9-10H,2-3,7-8,17H2,1H3,(H,18,20). The van der Waals surface area contributed by atoms with Gasteiger partial charge < -0.3 is 16.0 Å². The van der Waals surface area contributed by atoms with Gasteiger partial charge in [0.1, 0.15) is 0 Å². The van der Waals surface area contributed by atoms with Crippen LogP contribution in [0.1, 0.15) is 19.8 Å². The largest absolute Gasteiger partial charge is 0.330 e. The minimum Gasteiger partial charge on any atom is -0.330 e. The van der Waals surface area contributed by atoms with Crippen molar-refractivity contribution in [3.8, 4) is 0 Å². The number of carbonyl (C=O) groups is 1. The number of nitrogens with two attached hydrogens (primary N) is 1. The van der Waals surface area contributed by atoms with Gasteiger partial charge in [0.2, 0.25) is 0 Å². The lowest BCUT2D eigenvalue weighted by Crippen LogP contribution is -2.48. The molecule has 0 radical (unpaired) electrons. The van der Waals surface area contributed by atoms with E-state index in [-0.39, 0.29) is 12.1 Å². The number of urea groups is 1. The van der Waals surface area contributed by atoms with Gasteiger partial charge in [0.05, 0.1) is 0 Å². The highest BCUT2D eigenvalue weighted by Crippen LogP contribution is 2.25. The van der Waals surface area contributed by atoms with Gasteiger partial charge in [-0.1, -0.05) is 23.2 Å². The lowest BCUT2D eigenvalue weighted by atomic mass is 9.94. The summed E-state index contributed by atoms with van der Waals surface area (Å²) in [5, 5.41) is 3.84. The molecule has 0 spiro atoms. The maximum atomic E-state index is 12.3. The average Bonchev–Trinajstić information content (AvgIpc) is 2.37. The molecular weight excluding hydrogens is 297 g/mol. The van der Waals surface area contributed by atoms with Crippen LogP contribution in [0.5, 0.6) is 0 Å². The molecule has 6 heteroatoms. The number of nitrogens with one attached hydrogen (secondary N) is 1. The fourth-order valence-corrected chi connectivity index (χ4v) is 3.00. The SMILES string of the molecule is CC1CCC(CN)CN1C(=O)Nc1cc(Cl)cc(Cl)c1. The second-order valence-corrected chi connectivity index (χ2v) is 6.14. The third kappa shape index (κ3) is 3.78. The molecule has 2 atom stereocenters. The second kappa shape index (κ2) is 6.66. The van der Waals surface area contributed by atoms with E-state index < -0.39 is 0 Å². The second-order valence-electron chi connectivity index (χ2n) is 5.27. The predicted molar refractivity (Wildman–Crippen MR) is 83.4 cm³/mol. The Morgan fingerprint density at radius 1 is 1.35 bits per heavy atom. The Morgan fingerprint density at radius 2 is 2.00 bits per heavy atom. The van der Waals surface area contributed by atoms with Crippen molar-refractivity contribution in [3.05, 3.63) is 28.2 Å². The lowest BCUT2D eigenvalue weighted by molar-refractivity contribution is 0.144. The summed E-state index contributed by atoms with van der Waals surface area (Å²) >= 11 is 11.9. The van der Waals surface area contributed by atoms with E-state index in [1.165, 1.54) is 0 Å². The first kappa shape index (κ1) is 15.4. The van der Waals surface area contributed by atoms with Crippen LogP contribution in [0.4, 0.5) is 10.5 Å². The van der Waals surface area contributed by atoms with E-state index in [0.717, 1.165) is 12.8 Å². The molecule has 4 nitrogen and oxygen atoms in total. The Bertz CT molecular complexity index is 475. The molecule has 0 saturated carbocycles. The quantitative estimate of drug-likeness (QED) is 0.876. The van der Waals surface area contributed by atoms with Crippen LogP contribution >= 0.6 is 23.2 Å². The molecule has 0 bridgehead atoms. The lowest BCUT2D eigenvalue weighted by Gasteiger charge is -2.37. The van der Waals surface area contributed by atoms with Crippen molar-refractivity contribution in [1.82, 2.24) is 4.90 Å². The van der Waals surface area contributed by atoms with Gasteiger partial charge in [0.15, 0.2) is 0 Å². The maximum absolute atomic E-state index is 12.3. The van der Waals surface area contributed by atoms with Crippen molar-refractivity contribution in [1.29, 1.82) is 0 Å². The molecule has 0 aliphatic carbocycles. The molecule has 1 aliphatic rings. The molecule has 1 saturated heterocycles. The smallest absolute Gasteiger partial charge is 0.322 e. The highest BCUT2D eigenvalue weighted by Gasteiger charge is 2.28. The van der Waals surface area contributed by atoms with E-state index >= 15 is 0 Å². The van der Waals surface area contributed by atoms with Crippen LogP contribution in [0.15, 0.2) is 18.2 Å². The van der Waals surface area contributed by atoms with Crippen molar-refractivity contribution in [2.45, 2.75) is 25.8 Å². The van der Waals surface area contributed by atoms with E-state index in [2.05, 4.69) is 12.2 Å². The van der Waals surface area contributed by atoms with Gasteiger partial charge in [-0.25, -0.2) is 4.79 Å². The highest BCUT2D eigenvalue weighted by molar-refractivity contribution is 6.35. The number of rotatable bonds is 2. The number of anilines is 1. The zero-order valence-electron chi connectivity index (χ0n) is 11.4. The molecule has 2 amide bonds. The number of halogens is 2. The summed E-state index contributed by atoms with van der Waals surface area (Å²) in [6.45, 7) is 3.36. The highest BCUT2D eigenvalue weighted by atomic mass is 35.5. The number of amides is 2. The van der Waals surface area contributed by atoms with Crippen LogP contribution in [0.2, 0.25) is 10.0 Å². The van der Waals surface area contributed by atoms with Crippen LogP contribution in [0, 0.1) is 5.92 Å². The third-order valence-electron chi connectivity index (χ3n) is 3.69. The topological polar surface area (TPSA) is 58.4 Å². The van der Waals surface area contributed by atoms with Gasteiger partial charge in [-0.3, -0.25) is 0 Å². The van der Waals surface area contributed by atoms with Gasteiger partial charge in [-0.2, -0.15) is 0 Å². The minimum atomic E-state index is -0.131. The number of hydrogen-bond acceptors (Lipinski definition) is 2. The summed E-state index contributed by atoms with van der Waals surface area (Å²) in [4.78, 5) is 14.2. The molecule has 1 aliphatic heterocycles. The van der Waals surface area contributed by atoms with Crippen LogP contribution in [0.3, 0.4) is 0 Å². The van der Waals surface area contributed by atoms with Crippen LogP contribution in [-0.2, 0) is 0 Å². The van der Waals surface area contributed by atoms with Crippen LogP contribution in [-0.4, -0.2) is 30.1 Å². The van der Waals surface area contributed by atoms with Crippen LogP contribution in [0.25, 0.3) is 0 Å². The van der Waals surface area contributed by atoms with Gasteiger partial charge in [-0.05, 0) is 50.4 Å². The van der Waals surface area contributed by atoms with Crippen molar-refractivity contribution in [2.24, 2.45) is 11.7 Å². The van der Waals surface area contributed by atoms with Crippen LogP contribution < -0.4 is 11.1 Å². The number of piperidine rings is 1. The fraction of sp³-hybridized carbons (Fsp3) is 0.500. The number of benzene rings is 1. The van der Waals surface area contributed by atoms with Gasteiger partial charge in [-0.15, -0.1) is 0 Å². The summed E-state index contributed by atoms with van der Waals surface area (Å²) in [7, 11) is 0. The van der Waals surface area contributed by atoms with E-state index in [1.807, 2.05) is 4.90 Å². The first-order valence-electron chi connectivity index (χ1n) is 6.73. The Hall–Kier alpha value is -0.970. The number of carbonyl (C=O) groups excluding carboxylic acids is 1. The van der Waals surface area contributed by atoms with Gasteiger partial charge >= 0.3 is 6.03 Å². The molecule has 1 heterocycles. The fourth-order valence-electron chi connectivity index (χ4n) is 2.48. The first-order chi connectivity index (χ1) is 9.49. The summed E-state index contributed by atoms with van der Waals surface area (Å²) in [5.41, 5.74) is 6.32. The Labute approximate surface area is 129 Å². The predicted octanol–water partition coefficient (Wildman–Crippen LogP) is 3.58. The third-order valence-corrected chi connectivity index (χ3v) is 4.12. The molecule has 1 fully saturated rings. The monoisotopic (exact) mass is 315 g/mol. The summed E-state index contributed by atoms with van der Waals surface area (Å²) in [6, 6.07) is 5.08. The van der Waals surface area contributed by atoms with Crippen molar-refractivity contribution in [2.75, 3.05) is 18.4 Å². The first-order valence-corrected chi connectivity index (χ1v) is 7.49. The molecule has 2 rings (SSSR count). The van der Waals surface area contributed by atoms with E-state index in [1.54, 1.807) is 18.2 Å². The zero-order valence-corrected chi connectivity index (χ0v) is 12.9. The Morgan fingerprint density at radius 3 is 2.60 bits per heavy atom. The van der Waals surface area contributed by atoms with E-state index in [9.17, 15) is 4.79 Å². The Balaban J connectivity index is 2.06. The summed E-state index contributed by atoms with van der Waals surface area (Å²) < 4.78 is 0. The molecule has 3 N–H and O–H groups in total. The van der Waals surface area contributed by atoms with E-state index in [0.29, 0.717) is 34.7 Å². The summed E-state index contributed by atoms with van der Waals surface area (Å²) in [5.74, 6) is 0.375. The normalized spacial score (nSPS) is 22.7. The molecule has 1 aromatic rings. The van der Waals surface area contributed by atoms with Gasteiger partial charge in [0, 0.05) is 28.3 Å². The minimum absolute atomic E-state index is 0.131. The van der Waals surface area contributed by atoms with Crippen molar-refractivity contribution < 1.29 is 4.79 Å². The average molecular weight is 316 g/mol. The molecule has 20 heavy (non-hydrogen) atoms. The Kier molecular flexibility index (Phi) is 5.13. The number of hydrogen-bond donors (Lipinski definition) is 2. The molecule has 110 valence electrons. The van der Waals surface area contributed by atoms with Gasteiger partial charge in [0.25, 0.3) is 0 Å². The van der Waals surface area contributed by atoms with Crippen molar-refractivity contribution in [3.63, 3.8) is 0 Å². The molecule has 0 aromatic heterocycles. The maximum Gasteiger partial charge on any atom is 0.322 e. The van der Waals surface area contributed by atoms with Crippen molar-refractivity contribution >= 4 is 34.9 Å². The number of nitrogens with zero attached hydrogens (tertiary/aromatic N) is 1. The number of likely N-dealkylation sites (tertiary alicyclic amines) is 1. The molecular formula is C14H19Cl2N3O.